The molecule has 5 heteroatoms. The van der Waals surface area contributed by atoms with Gasteiger partial charge in [-0.1, -0.05) is 43.0 Å². The maximum atomic E-state index is 12.4. The van der Waals surface area contributed by atoms with E-state index < -0.39 is 0 Å². The average Bonchev–Trinajstić information content (AvgIpc) is 2.63. The summed E-state index contributed by atoms with van der Waals surface area (Å²) >= 11 is 0. The van der Waals surface area contributed by atoms with E-state index in [-0.39, 0.29) is 12.1 Å². The molecule has 1 saturated heterocycles. The SMILES string of the molecule is C=CCN1C(=O)CN(C)N(C=C)C1CN(C)CCCCc1ccccc1. The maximum Gasteiger partial charge on any atom is 0.240 e. The molecule has 1 amide bonds. The summed E-state index contributed by atoms with van der Waals surface area (Å²) in [4.78, 5) is 16.6. The zero-order valence-electron chi connectivity index (χ0n) is 16.2. The first kappa shape index (κ1) is 20.2. The van der Waals surface area contributed by atoms with Crippen molar-refractivity contribution in [3.63, 3.8) is 0 Å². The lowest BCUT2D eigenvalue weighted by molar-refractivity contribution is -0.164. The van der Waals surface area contributed by atoms with Gasteiger partial charge in [-0.25, -0.2) is 5.01 Å². The Hall–Kier alpha value is -2.11. The van der Waals surface area contributed by atoms with Gasteiger partial charge in [0.15, 0.2) is 0 Å². The molecule has 1 aliphatic heterocycles. The van der Waals surface area contributed by atoms with Crippen LogP contribution in [0.1, 0.15) is 18.4 Å². The Morgan fingerprint density at radius 3 is 2.62 bits per heavy atom. The number of nitrogens with zero attached hydrogens (tertiary/aromatic N) is 4. The van der Waals surface area contributed by atoms with Crippen molar-refractivity contribution in [3.05, 3.63) is 61.3 Å². The van der Waals surface area contributed by atoms with Crippen LogP contribution in [0.4, 0.5) is 0 Å². The van der Waals surface area contributed by atoms with E-state index in [0.717, 1.165) is 25.9 Å². The van der Waals surface area contributed by atoms with Gasteiger partial charge in [-0.05, 0) is 38.4 Å². The number of rotatable bonds is 10. The molecule has 0 bridgehead atoms. The smallest absolute Gasteiger partial charge is 0.240 e. The van der Waals surface area contributed by atoms with Gasteiger partial charge in [0.1, 0.15) is 6.17 Å². The first-order valence-electron chi connectivity index (χ1n) is 9.31. The molecule has 2 rings (SSSR count). The normalized spacial score (nSPS) is 18.4. The molecule has 1 heterocycles. The quantitative estimate of drug-likeness (QED) is 0.476. The number of likely N-dealkylation sites (N-methyl/N-ethyl adjacent to an activating group) is 2. The monoisotopic (exact) mass is 356 g/mol. The molecule has 1 aromatic rings. The third-order valence-corrected chi connectivity index (χ3v) is 4.83. The summed E-state index contributed by atoms with van der Waals surface area (Å²) in [6.45, 7) is 10.4. The fraction of sp³-hybridized carbons (Fsp3) is 0.476. The van der Waals surface area contributed by atoms with Crippen LogP contribution in [0.25, 0.3) is 0 Å². The molecule has 0 radical (unpaired) electrons. The Morgan fingerprint density at radius 2 is 1.96 bits per heavy atom. The second-order valence-electron chi connectivity index (χ2n) is 6.90. The van der Waals surface area contributed by atoms with Crippen LogP contribution in [-0.2, 0) is 11.2 Å². The van der Waals surface area contributed by atoms with Crippen molar-refractivity contribution in [1.29, 1.82) is 0 Å². The fourth-order valence-corrected chi connectivity index (χ4v) is 3.44. The van der Waals surface area contributed by atoms with Gasteiger partial charge in [-0.3, -0.25) is 9.80 Å². The number of benzene rings is 1. The van der Waals surface area contributed by atoms with Crippen LogP contribution in [0.3, 0.4) is 0 Å². The predicted molar refractivity (Wildman–Crippen MR) is 107 cm³/mol. The molecule has 0 aliphatic carbocycles. The lowest BCUT2D eigenvalue weighted by Gasteiger charge is -2.48. The van der Waals surface area contributed by atoms with Crippen LogP contribution in [0.15, 0.2) is 55.8 Å². The van der Waals surface area contributed by atoms with Gasteiger partial charge in [0.2, 0.25) is 5.91 Å². The molecule has 142 valence electrons. The van der Waals surface area contributed by atoms with Gasteiger partial charge >= 0.3 is 0 Å². The van der Waals surface area contributed by atoms with Crippen molar-refractivity contribution in [2.24, 2.45) is 0 Å². The zero-order valence-corrected chi connectivity index (χ0v) is 16.2. The van der Waals surface area contributed by atoms with E-state index in [2.05, 4.69) is 55.4 Å². The standard InChI is InChI=1S/C21H32N4O/c1-5-15-24-20(25(6-2)23(4)18-21(24)26)17-22(3)16-11-10-14-19-12-8-7-9-13-19/h5-9,12-13,20H,1-2,10-11,14-18H2,3-4H3. The molecule has 1 unspecified atom stereocenters. The first-order valence-corrected chi connectivity index (χ1v) is 9.31. The van der Waals surface area contributed by atoms with Gasteiger partial charge in [0.25, 0.3) is 0 Å². The molecule has 1 atom stereocenters. The highest BCUT2D eigenvalue weighted by Gasteiger charge is 2.35. The third kappa shape index (κ3) is 5.44. The lowest BCUT2D eigenvalue weighted by atomic mass is 10.1. The molecular weight excluding hydrogens is 324 g/mol. The van der Waals surface area contributed by atoms with E-state index in [1.54, 1.807) is 12.3 Å². The number of amides is 1. The van der Waals surface area contributed by atoms with E-state index in [4.69, 9.17) is 0 Å². The minimum atomic E-state index is -0.0455. The minimum absolute atomic E-state index is 0.0455. The Bertz CT molecular complexity index is 589. The highest BCUT2D eigenvalue weighted by Crippen LogP contribution is 2.17. The molecule has 5 nitrogen and oxygen atoms in total. The summed E-state index contributed by atoms with van der Waals surface area (Å²) in [5.74, 6) is 0.132. The third-order valence-electron chi connectivity index (χ3n) is 4.83. The van der Waals surface area contributed by atoms with Crippen LogP contribution in [0, 0.1) is 0 Å². The topological polar surface area (TPSA) is 30.0 Å². The van der Waals surface area contributed by atoms with Crippen molar-refractivity contribution in [1.82, 2.24) is 19.8 Å². The highest BCUT2D eigenvalue weighted by molar-refractivity contribution is 5.79. The lowest BCUT2D eigenvalue weighted by Crippen LogP contribution is -2.64. The van der Waals surface area contributed by atoms with Gasteiger partial charge in [0.05, 0.1) is 6.54 Å². The molecule has 0 saturated carbocycles. The van der Waals surface area contributed by atoms with Crippen LogP contribution in [0.5, 0.6) is 0 Å². The number of unbranched alkanes of at least 4 members (excludes halogenated alkanes) is 1. The minimum Gasteiger partial charge on any atom is -0.315 e. The zero-order chi connectivity index (χ0) is 18.9. The fourth-order valence-electron chi connectivity index (χ4n) is 3.44. The number of carbonyl (C=O) groups is 1. The van der Waals surface area contributed by atoms with Crippen molar-refractivity contribution in [3.8, 4) is 0 Å². The van der Waals surface area contributed by atoms with E-state index in [9.17, 15) is 4.79 Å². The van der Waals surface area contributed by atoms with Crippen LogP contribution >= 0.6 is 0 Å². The van der Waals surface area contributed by atoms with Crippen LogP contribution in [0.2, 0.25) is 0 Å². The summed E-state index contributed by atoms with van der Waals surface area (Å²) < 4.78 is 0. The number of hydrogen-bond acceptors (Lipinski definition) is 4. The summed E-state index contributed by atoms with van der Waals surface area (Å²) in [6, 6.07) is 10.6. The molecule has 1 fully saturated rings. The maximum absolute atomic E-state index is 12.4. The highest BCUT2D eigenvalue weighted by atomic mass is 16.2. The van der Waals surface area contributed by atoms with Crippen LogP contribution in [-0.4, -0.2) is 72.2 Å². The summed E-state index contributed by atoms with van der Waals surface area (Å²) in [7, 11) is 4.05. The van der Waals surface area contributed by atoms with Crippen LogP contribution < -0.4 is 0 Å². The second-order valence-corrected chi connectivity index (χ2v) is 6.90. The van der Waals surface area contributed by atoms with Crippen molar-refractivity contribution >= 4 is 5.91 Å². The van der Waals surface area contributed by atoms with E-state index in [1.807, 2.05) is 22.0 Å². The largest absolute Gasteiger partial charge is 0.315 e. The van der Waals surface area contributed by atoms with E-state index in [0.29, 0.717) is 13.1 Å². The number of hydrazine groups is 1. The predicted octanol–water partition coefficient (Wildman–Crippen LogP) is 2.59. The summed E-state index contributed by atoms with van der Waals surface area (Å²) in [5.41, 5.74) is 1.39. The average molecular weight is 357 g/mol. The first-order chi connectivity index (χ1) is 12.6. The Morgan fingerprint density at radius 1 is 1.23 bits per heavy atom. The van der Waals surface area contributed by atoms with Gasteiger partial charge < -0.3 is 9.80 Å². The number of aryl methyl sites for hydroxylation is 1. The number of hydrogen-bond donors (Lipinski definition) is 0. The molecule has 1 aromatic carbocycles. The molecule has 0 N–H and O–H groups in total. The number of carbonyl (C=O) groups excluding carboxylic acids is 1. The van der Waals surface area contributed by atoms with Gasteiger partial charge in [-0.2, -0.15) is 0 Å². The molecule has 26 heavy (non-hydrogen) atoms. The molecule has 1 aliphatic rings. The van der Waals surface area contributed by atoms with E-state index in [1.165, 1.54) is 12.0 Å². The van der Waals surface area contributed by atoms with Gasteiger partial charge in [0, 0.05) is 26.3 Å². The Kier molecular flexibility index (Phi) is 7.88. The van der Waals surface area contributed by atoms with Crippen molar-refractivity contribution in [2.75, 3.05) is 40.3 Å². The Balaban J connectivity index is 1.86. The van der Waals surface area contributed by atoms with Crippen molar-refractivity contribution in [2.45, 2.75) is 25.4 Å². The van der Waals surface area contributed by atoms with E-state index >= 15 is 0 Å². The second kappa shape index (κ2) is 10.1. The van der Waals surface area contributed by atoms with Crippen molar-refractivity contribution < 1.29 is 4.79 Å². The summed E-state index contributed by atoms with van der Waals surface area (Å²) in [6.07, 6.45) is 6.96. The molecule has 0 aromatic heterocycles. The van der Waals surface area contributed by atoms with Gasteiger partial charge in [-0.15, -0.1) is 6.58 Å². The summed E-state index contributed by atoms with van der Waals surface area (Å²) in [5, 5.41) is 3.98. The molecule has 0 spiro atoms. The molecular formula is C21H32N4O. The Labute approximate surface area is 158 Å².